The highest BCUT2D eigenvalue weighted by Gasteiger charge is 2.26. The smallest absolute Gasteiger partial charge is 0.160 e. The van der Waals surface area contributed by atoms with Gasteiger partial charge in [0.15, 0.2) is 5.84 Å². The molecule has 6 nitrogen and oxygen atoms in total. The van der Waals surface area contributed by atoms with E-state index >= 15 is 0 Å². The van der Waals surface area contributed by atoms with Crippen molar-refractivity contribution in [3.63, 3.8) is 0 Å². The largest absolute Gasteiger partial charge is 0.456 e. The van der Waals surface area contributed by atoms with Crippen LogP contribution in [-0.4, -0.2) is 16.2 Å². The second-order valence-electron chi connectivity index (χ2n) is 15.8. The molecule has 4 heterocycles. The maximum Gasteiger partial charge on any atom is 0.160 e. The van der Waals surface area contributed by atoms with Gasteiger partial charge < -0.3 is 18.7 Å². The van der Waals surface area contributed by atoms with Crippen LogP contribution in [0.2, 0.25) is 0 Å². The quantitative estimate of drug-likeness (QED) is 0.189. The summed E-state index contributed by atoms with van der Waals surface area (Å²) in [6.07, 6.45) is -0.390. The summed E-state index contributed by atoms with van der Waals surface area (Å²) < 4.78 is 15.2. The summed E-state index contributed by atoms with van der Waals surface area (Å²) in [6, 6.07) is 68.1. The fraction of sp³-hybridized carbons (Fsp3) is 0.0182. The van der Waals surface area contributed by atoms with Crippen LogP contribution < -0.4 is 5.32 Å². The van der Waals surface area contributed by atoms with E-state index in [0.29, 0.717) is 5.84 Å². The average molecular weight is 783 g/mol. The lowest BCUT2D eigenvalue weighted by Crippen LogP contribution is -2.33. The summed E-state index contributed by atoms with van der Waals surface area (Å²) in [5.74, 6) is 1.35. The number of furan rings is 2. The third kappa shape index (κ3) is 5.29. The van der Waals surface area contributed by atoms with Crippen molar-refractivity contribution in [3.05, 3.63) is 211 Å². The Balaban J connectivity index is 1.08. The summed E-state index contributed by atoms with van der Waals surface area (Å²) in [4.78, 5) is 10.8. The fourth-order valence-electron chi connectivity index (χ4n) is 9.42. The Morgan fingerprint density at radius 3 is 2.00 bits per heavy atom. The standard InChI is InChI=1S/C55H34N4O2/c1-2-13-33(14-3-1)53-56-54(36-25-27-40-39-18-7-10-22-48(39)61-51(40)31-36)58-55(57-53)42-28-26-37(32-44(42)41-20-12-24-50-52(41)43-19-8-11-23-49(43)60-50)59-46-21-9-6-17-38(46)45-29-34-15-4-5-16-35(34)30-47(45)59/h1-32,53H,(H,56,57,58). The number of aromatic nitrogens is 1. The Bertz CT molecular complexity index is 3810. The number of amidine groups is 2. The molecule has 61 heavy (non-hydrogen) atoms. The van der Waals surface area contributed by atoms with Gasteiger partial charge in [0.1, 0.15) is 34.3 Å². The fourth-order valence-corrected chi connectivity index (χ4v) is 9.42. The molecule has 1 aliphatic heterocycles. The maximum atomic E-state index is 6.48. The highest BCUT2D eigenvalue weighted by Crippen LogP contribution is 2.42. The molecule has 1 atom stereocenters. The van der Waals surface area contributed by atoms with Gasteiger partial charge in [-0.1, -0.05) is 127 Å². The first-order valence-corrected chi connectivity index (χ1v) is 20.6. The van der Waals surface area contributed by atoms with Crippen molar-refractivity contribution in [2.75, 3.05) is 0 Å². The zero-order chi connectivity index (χ0) is 40.0. The molecule has 1 N–H and O–H groups in total. The molecule has 0 radical (unpaired) electrons. The number of nitrogens with one attached hydrogen (secondary N) is 1. The van der Waals surface area contributed by atoms with Crippen LogP contribution in [0.3, 0.4) is 0 Å². The van der Waals surface area contributed by atoms with Crippen molar-refractivity contribution < 1.29 is 8.83 Å². The molecule has 3 aromatic heterocycles. The van der Waals surface area contributed by atoms with Gasteiger partial charge in [-0.15, -0.1) is 0 Å². The Kier molecular flexibility index (Phi) is 7.27. The molecule has 13 rings (SSSR count). The van der Waals surface area contributed by atoms with Gasteiger partial charge in [0.2, 0.25) is 0 Å². The van der Waals surface area contributed by atoms with Crippen LogP contribution >= 0.6 is 0 Å². The Morgan fingerprint density at radius 1 is 0.443 bits per heavy atom. The van der Waals surface area contributed by atoms with E-state index in [4.69, 9.17) is 18.8 Å². The number of aliphatic imine (C=N–C) groups is 2. The number of hydrogen-bond acceptors (Lipinski definition) is 5. The minimum absolute atomic E-state index is 0.390. The van der Waals surface area contributed by atoms with E-state index in [9.17, 15) is 0 Å². The molecule has 12 aromatic rings. The number of rotatable bonds is 5. The lowest BCUT2D eigenvalue weighted by atomic mass is 9.93. The number of fused-ring (bicyclic) bond motifs is 10. The molecular weight excluding hydrogens is 749 g/mol. The zero-order valence-corrected chi connectivity index (χ0v) is 32.7. The SMILES string of the molecule is c1ccc(C2N=C(c3ccc(-n4c5ccccc5c5cc6ccccc6cc54)cc3-c3cccc4oc5ccccc5c34)N=C(c3ccc4c(c3)oc3ccccc34)N2)cc1. The molecule has 0 aliphatic carbocycles. The van der Waals surface area contributed by atoms with Gasteiger partial charge in [-0.2, -0.15) is 0 Å². The van der Waals surface area contributed by atoms with Crippen LogP contribution in [0, 0.1) is 0 Å². The molecule has 0 spiro atoms. The van der Waals surface area contributed by atoms with Crippen molar-refractivity contribution in [2.24, 2.45) is 9.98 Å². The van der Waals surface area contributed by atoms with Crippen molar-refractivity contribution in [1.29, 1.82) is 0 Å². The van der Waals surface area contributed by atoms with Gasteiger partial charge in [0.05, 0.1) is 11.0 Å². The minimum Gasteiger partial charge on any atom is -0.456 e. The number of para-hydroxylation sites is 3. The molecule has 0 amide bonds. The number of benzene rings is 9. The summed E-state index contributed by atoms with van der Waals surface area (Å²) >= 11 is 0. The van der Waals surface area contributed by atoms with Crippen molar-refractivity contribution in [1.82, 2.24) is 9.88 Å². The van der Waals surface area contributed by atoms with Crippen LogP contribution in [-0.2, 0) is 0 Å². The van der Waals surface area contributed by atoms with Gasteiger partial charge in [-0.3, -0.25) is 0 Å². The van der Waals surface area contributed by atoms with Gasteiger partial charge in [0, 0.05) is 49.1 Å². The van der Waals surface area contributed by atoms with Gasteiger partial charge in [0.25, 0.3) is 0 Å². The van der Waals surface area contributed by atoms with Crippen LogP contribution in [0.4, 0.5) is 0 Å². The van der Waals surface area contributed by atoms with Crippen LogP contribution in [0.5, 0.6) is 0 Å². The summed E-state index contributed by atoms with van der Waals surface area (Å²) in [5.41, 5.74) is 11.6. The predicted molar refractivity (Wildman–Crippen MR) is 250 cm³/mol. The van der Waals surface area contributed by atoms with Crippen LogP contribution in [0.1, 0.15) is 22.9 Å². The Morgan fingerprint density at radius 2 is 1.13 bits per heavy atom. The summed E-state index contributed by atoms with van der Waals surface area (Å²) in [5, 5.41) is 12.8. The topological polar surface area (TPSA) is 68.0 Å². The first-order valence-electron chi connectivity index (χ1n) is 20.6. The molecule has 0 saturated heterocycles. The third-order valence-corrected chi connectivity index (χ3v) is 12.2. The highest BCUT2D eigenvalue weighted by molar-refractivity contribution is 6.20. The predicted octanol–water partition coefficient (Wildman–Crippen LogP) is 13.9. The minimum atomic E-state index is -0.390. The van der Waals surface area contributed by atoms with E-state index in [2.05, 4.69) is 168 Å². The van der Waals surface area contributed by atoms with E-state index in [1.54, 1.807) is 0 Å². The molecule has 286 valence electrons. The van der Waals surface area contributed by atoms with Crippen molar-refractivity contribution in [2.45, 2.75) is 6.17 Å². The third-order valence-electron chi connectivity index (χ3n) is 12.2. The van der Waals surface area contributed by atoms with E-state index in [-0.39, 0.29) is 0 Å². The lowest BCUT2D eigenvalue weighted by Gasteiger charge is -2.25. The summed E-state index contributed by atoms with van der Waals surface area (Å²) in [7, 11) is 0. The van der Waals surface area contributed by atoms with Crippen LogP contribution in [0.15, 0.2) is 213 Å². The first kappa shape index (κ1) is 33.7. The molecule has 0 bridgehead atoms. The highest BCUT2D eigenvalue weighted by atomic mass is 16.3. The van der Waals surface area contributed by atoms with Crippen LogP contribution in [0.25, 0.3) is 93.3 Å². The zero-order valence-electron chi connectivity index (χ0n) is 32.7. The van der Waals surface area contributed by atoms with Crippen molar-refractivity contribution >= 4 is 88.1 Å². The average Bonchev–Trinajstić information content (AvgIpc) is 4.00. The van der Waals surface area contributed by atoms with E-state index < -0.39 is 6.17 Å². The second-order valence-corrected chi connectivity index (χ2v) is 15.8. The van der Waals surface area contributed by atoms with E-state index in [1.807, 2.05) is 36.4 Å². The molecule has 0 fully saturated rings. The Hall–Kier alpha value is -8.22. The lowest BCUT2D eigenvalue weighted by molar-refractivity contribution is 0.666. The monoisotopic (exact) mass is 782 g/mol. The molecule has 6 heteroatoms. The summed E-state index contributed by atoms with van der Waals surface area (Å²) in [6.45, 7) is 0. The van der Waals surface area contributed by atoms with E-state index in [0.717, 1.165) is 94.3 Å². The normalized spacial score (nSPS) is 14.4. The Labute approximate surface area is 349 Å². The number of nitrogens with zero attached hydrogens (tertiary/aromatic N) is 3. The van der Waals surface area contributed by atoms with Crippen molar-refractivity contribution in [3.8, 4) is 16.8 Å². The number of hydrogen-bond donors (Lipinski definition) is 1. The van der Waals surface area contributed by atoms with Gasteiger partial charge >= 0.3 is 0 Å². The van der Waals surface area contributed by atoms with Gasteiger partial charge in [-0.25, -0.2) is 9.98 Å². The maximum absolute atomic E-state index is 6.48. The first-order chi connectivity index (χ1) is 30.2. The van der Waals surface area contributed by atoms with E-state index in [1.165, 1.54) is 21.5 Å². The van der Waals surface area contributed by atoms with Gasteiger partial charge in [-0.05, 0) is 94.2 Å². The molecule has 0 saturated carbocycles. The second kappa shape index (κ2) is 13.1. The molecular formula is C55H34N4O2. The molecule has 1 aliphatic rings. The molecule has 9 aromatic carbocycles. The molecule has 1 unspecified atom stereocenters.